The summed E-state index contributed by atoms with van der Waals surface area (Å²) in [7, 11) is 0. The number of hydrogen-bond donors (Lipinski definition) is 1. The number of rotatable bonds is 2. The van der Waals surface area contributed by atoms with E-state index in [9.17, 15) is 5.11 Å². The molecule has 1 N–H and O–H groups in total. The van der Waals surface area contributed by atoms with Crippen molar-refractivity contribution in [1.82, 2.24) is 0 Å². The molecule has 0 heterocycles. The standard InChI is InChI=1S/C19H22O/c20-19(16-10-4-2-1-3-5-11-16)18-14-8-12-15-9-6-7-13-17(15)18/h2,4,6-9,12-14,16,19-20H,1,3,5,10-11H2/t16?,19-/m0/s1. The molecular weight excluding hydrogens is 244 g/mol. The van der Waals surface area contributed by atoms with Crippen molar-refractivity contribution in [1.29, 1.82) is 0 Å². The van der Waals surface area contributed by atoms with Crippen LogP contribution in [0.4, 0.5) is 0 Å². The third kappa shape index (κ3) is 2.78. The van der Waals surface area contributed by atoms with Crippen LogP contribution in [0.5, 0.6) is 0 Å². The van der Waals surface area contributed by atoms with Crippen LogP contribution in [-0.4, -0.2) is 5.11 Å². The minimum absolute atomic E-state index is 0.345. The summed E-state index contributed by atoms with van der Waals surface area (Å²) in [5, 5.41) is 13.2. The zero-order valence-electron chi connectivity index (χ0n) is 11.8. The summed E-state index contributed by atoms with van der Waals surface area (Å²) in [4.78, 5) is 0. The van der Waals surface area contributed by atoms with Gasteiger partial charge in [-0.05, 0) is 47.9 Å². The van der Waals surface area contributed by atoms with Gasteiger partial charge in [0.1, 0.15) is 0 Å². The molecule has 0 fully saturated rings. The van der Waals surface area contributed by atoms with Crippen LogP contribution in [0.25, 0.3) is 10.8 Å². The summed E-state index contributed by atoms with van der Waals surface area (Å²) in [5.41, 5.74) is 1.09. The molecule has 20 heavy (non-hydrogen) atoms. The van der Waals surface area contributed by atoms with Crippen molar-refractivity contribution < 1.29 is 5.11 Å². The van der Waals surface area contributed by atoms with Crippen LogP contribution < -0.4 is 0 Å². The number of aliphatic hydroxyl groups excluding tert-OH is 1. The predicted molar refractivity (Wildman–Crippen MR) is 84.6 cm³/mol. The maximum atomic E-state index is 10.8. The Morgan fingerprint density at radius 3 is 2.75 bits per heavy atom. The first-order valence-corrected chi connectivity index (χ1v) is 7.67. The Labute approximate surface area is 120 Å². The summed E-state index contributed by atoms with van der Waals surface area (Å²) >= 11 is 0. The van der Waals surface area contributed by atoms with Gasteiger partial charge in [-0.25, -0.2) is 0 Å². The Hall–Kier alpha value is -1.60. The van der Waals surface area contributed by atoms with Gasteiger partial charge in [-0.3, -0.25) is 0 Å². The molecule has 2 aromatic rings. The zero-order chi connectivity index (χ0) is 13.8. The van der Waals surface area contributed by atoms with E-state index < -0.39 is 0 Å². The van der Waals surface area contributed by atoms with Gasteiger partial charge in [-0.1, -0.05) is 61.0 Å². The van der Waals surface area contributed by atoms with Gasteiger partial charge in [0.25, 0.3) is 0 Å². The molecule has 1 heteroatoms. The molecule has 0 radical (unpaired) electrons. The Bertz CT molecular complexity index is 594. The molecule has 2 aromatic carbocycles. The van der Waals surface area contributed by atoms with Crippen molar-refractivity contribution in [3.8, 4) is 0 Å². The van der Waals surface area contributed by atoms with Gasteiger partial charge in [-0.2, -0.15) is 0 Å². The molecule has 2 atom stereocenters. The summed E-state index contributed by atoms with van der Waals surface area (Å²) in [6.45, 7) is 0. The van der Waals surface area contributed by atoms with Gasteiger partial charge in [0.2, 0.25) is 0 Å². The SMILES string of the molecule is O[C@H](c1cccc2ccccc12)C1CC=CCCCC1. The fourth-order valence-corrected chi connectivity index (χ4v) is 3.22. The van der Waals surface area contributed by atoms with E-state index in [1.165, 1.54) is 30.0 Å². The third-order valence-electron chi connectivity index (χ3n) is 4.39. The lowest BCUT2D eigenvalue weighted by Gasteiger charge is -2.24. The molecule has 1 aliphatic carbocycles. The van der Waals surface area contributed by atoms with Crippen molar-refractivity contribution in [2.45, 2.75) is 38.2 Å². The van der Waals surface area contributed by atoms with E-state index in [0.29, 0.717) is 5.92 Å². The van der Waals surface area contributed by atoms with E-state index in [1.807, 2.05) is 0 Å². The normalized spacial score (nSPS) is 21.4. The number of benzene rings is 2. The summed E-state index contributed by atoms with van der Waals surface area (Å²) in [6.07, 6.45) is 9.92. The smallest absolute Gasteiger partial charge is 0.0827 e. The van der Waals surface area contributed by atoms with Gasteiger partial charge in [-0.15, -0.1) is 0 Å². The van der Waals surface area contributed by atoms with Crippen molar-refractivity contribution in [3.05, 3.63) is 60.2 Å². The molecule has 0 aromatic heterocycles. The average molecular weight is 266 g/mol. The van der Waals surface area contributed by atoms with Crippen LogP contribution in [0.15, 0.2) is 54.6 Å². The van der Waals surface area contributed by atoms with Gasteiger partial charge in [0.15, 0.2) is 0 Å². The number of fused-ring (bicyclic) bond motifs is 1. The first kappa shape index (κ1) is 13.4. The first-order valence-electron chi connectivity index (χ1n) is 7.67. The van der Waals surface area contributed by atoms with E-state index in [4.69, 9.17) is 0 Å². The lowest BCUT2D eigenvalue weighted by molar-refractivity contribution is 0.103. The highest BCUT2D eigenvalue weighted by atomic mass is 16.3. The van der Waals surface area contributed by atoms with Crippen LogP contribution in [0.3, 0.4) is 0 Å². The fourth-order valence-electron chi connectivity index (χ4n) is 3.22. The molecule has 1 unspecified atom stereocenters. The maximum absolute atomic E-state index is 10.8. The molecule has 0 spiro atoms. The quantitative estimate of drug-likeness (QED) is 0.757. The van der Waals surface area contributed by atoms with Crippen LogP contribution in [-0.2, 0) is 0 Å². The van der Waals surface area contributed by atoms with Crippen LogP contribution in [0, 0.1) is 5.92 Å². The Balaban J connectivity index is 1.93. The second-order valence-corrected chi connectivity index (χ2v) is 5.76. The van der Waals surface area contributed by atoms with Crippen LogP contribution in [0.2, 0.25) is 0 Å². The molecule has 3 rings (SSSR count). The van der Waals surface area contributed by atoms with E-state index in [1.54, 1.807) is 0 Å². The second kappa shape index (κ2) is 6.23. The topological polar surface area (TPSA) is 20.2 Å². The minimum Gasteiger partial charge on any atom is -0.388 e. The molecule has 0 amide bonds. The van der Waals surface area contributed by atoms with E-state index in [0.717, 1.165) is 18.4 Å². The van der Waals surface area contributed by atoms with Crippen LogP contribution >= 0.6 is 0 Å². The Morgan fingerprint density at radius 2 is 1.80 bits per heavy atom. The van der Waals surface area contributed by atoms with Gasteiger partial charge >= 0.3 is 0 Å². The first-order chi connectivity index (χ1) is 9.86. The Morgan fingerprint density at radius 1 is 0.950 bits per heavy atom. The number of allylic oxidation sites excluding steroid dienone is 2. The Kier molecular flexibility index (Phi) is 4.17. The molecule has 1 nitrogen and oxygen atoms in total. The average Bonchev–Trinajstić information content (AvgIpc) is 2.46. The lowest BCUT2D eigenvalue weighted by atomic mass is 9.85. The van der Waals surface area contributed by atoms with E-state index >= 15 is 0 Å². The van der Waals surface area contributed by atoms with Gasteiger partial charge in [0, 0.05) is 0 Å². The largest absolute Gasteiger partial charge is 0.388 e. The molecule has 1 aliphatic rings. The molecular formula is C19H22O. The summed E-state index contributed by atoms with van der Waals surface area (Å²) < 4.78 is 0. The van der Waals surface area contributed by atoms with Crippen molar-refractivity contribution >= 4 is 10.8 Å². The zero-order valence-corrected chi connectivity index (χ0v) is 11.8. The van der Waals surface area contributed by atoms with Crippen molar-refractivity contribution in [3.63, 3.8) is 0 Å². The van der Waals surface area contributed by atoms with E-state index in [2.05, 4.69) is 54.6 Å². The highest BCUT2D eigenvalue weighted by Gasteiger charge is 2.21. The highest BCUT2D eigenvalue weighted by molar-refractivity contribution is 5.85. The van der Waals surface area contributed by atoms with Crippen molar-refractivity contribution in [2.24, 2.45) is 5.92 Å². The fraction of sp³-hybridized carbons (Fsp3) is 0.368. The second-order valence-electron chi connectivity index (χ2n) is 5.76. The van der Waals surface area contributed by atoms with Gasteiger partial charge in [0.05, 0.1) is 6.10 Å². The molecule has 0 aliphatic heterocycles. The number of aliphatic hydroxyl groups is 1. The summed E-state index contributed by atoms with van der Waals surface area (Å²) in [5.74, 6) is 0.345. The van der Waals surface area contributed by atoms with Gasteiger partial charge < -0.3 is 5.11 Å². The molecule has 104 valence electrons. The van der Waals surface area contributed by atoms with Crippen molar-refractivity contribution in [2.75, 3.05) is 0 Å². The maximum Gasteiger partial charge on any atom is 0.0827 e. The van der Waals surface area contributed by atoms with Crippen LogP contribution in [0.1, 0.15) is 43.8 Å². The molecule has 0 saturated heterocycles. The summed E-state index contributed by atoms with van der Waals surface area (Å²) in [6, 6.07) is 14.6. The number of hydrogen-bond acceptors (Lipinski definition) is 1. The lowest BCUT2D eigenvalue weighted by Crippen LogP contribution is -2.13. The predicted octanol–water partition coefficient (Wildman–Crippen LogP) is 5.01. The van der Waals surface area contributed by atoms with E-state index in [-0.39, 0.29) is 6.10 Å². The molecule has 0 bridgehead atoms. The monoisotopic (exact) mass is 266 g/mol. The molecule has 0 saturated carbocycles. The highest BCUT2D eigenvalue weighted by Crippen LogP contribution is 2.34. The third-order valence-corrected chi connectivity index (χ3v) is 4.39. The minimum atomic E-state index is -0.358.